The highest BCUT2D eigenvalue weighted by Gasteiger charge is 2.28. The van der Waals surface area contributed by atoms with Crippen LogP contribution in [0.25, 0.3) is 11.0 Å². The van der Waals surface area contributed by atoms with Crippen molar-refractivity contribution in [2.24, 2.45) is 0 Å². The summed E-state index contributed by atoms with van der Waals surface area (Å²) >= 11 is 0. The van der Waals surface area contributed by atoms with Crippen LogP contribution in [0.3, 0.4) is 0 Å². The quantitative estimate of drug-likeness (QED) is 0.664. The molecule has 5 nitrogen and oxygen atoms in total. The second-order valence-corrected chi connectivity index (χ2v) is 6.15. The lowest BCUT2D eigenvalue weighted by Crippen LogP contribution is -2.23. The minimum Gasteiger partial charge on any atom is -0.497 e. The van der Waals surface area contributed by atoms with Gasteiger partial charge in [0.1, 0.15) is 17.1 Å². The van der Waals surface area contributed by atoms with Gasteiger partial charge in [0.05, 0.1) is 7.11 Å². The van der Waals surface area contributed by atoms with E-state index in [4.69, 9.17) is 9.15 Å². The number of nitrogens with one attached hydrogen (secondary N) is 1. The van der Waals surface area contributed by atoms with Gasteiger partial charge in [0.2, 0.25) is 0 Å². The minimum absolute atomic E-state index is 0.106. The van der Waals surface area contributed by atoms with E-state index in [2.05, 4.69) is 10.1 Å². The summed E-state index contributed by atoms with van der Waals surface area (Å²) in [6.07, 6.45) is -4.39. The Kier molecular flexibility index (Phi) is 5.48. The van der Waals surface area contributed by atoms with Crippen LogP contribution >= 0.6 is 0 Å². The van der Waals surface area contributed by atoms with Crippen LogP contribution in [0.4, 0.5) is 13.2 Å². The Balaban J connectivity index is 1.64. The fourth-order valence-corrected chi connectivity index (χ4v) is 2.67. The molecule has 0 atom stereocenters. The molecular formula is C20H18F3NO4. The lowest BCUT2D eigenvalue weighted by Gasteiger charge is -2.10. The van der Waals surface area contributed by atoms with E-state index in [0.717, 1.165) is 5.39 Å². The standard InChI is InChI=1S/C20H18F3NO4/c1-12-16-9-15(26-2)7-8-17(16)28-18(12)19(25)24-10-13-3-5-14(6-4-13)27-11-20(21,22)23/h3-9H,10-11H2,1-2H3,(H,24,25). The summed E-state index contributed by atoms with van der Waals surface area (Å²) in [5, 5.41) is 3.52. The van der Waals surface area contributed by atoms with E-state index < -0.39 is 12.8 Å². The number of ether oxygens (including phenoxy) is 2. The summed E-state index contributed by atoms with van der Waals surface area (Å²) in [6.45, 7) is 0.629. The van der Waals surface area contributed by atoms with Crippen molar-refractivity contribution in [2.75, 3.05) is 13.7 Å². The third kappa shape index (κ3) is 4.57. The van der Waals surface area contributed by atoms with E-state index in [9.17, 15) is 18.0 Å². The number of amides is 1. The first kappa shape index (κ1) is 19.6. The lowest BCUT2D eigenvalue weighted by atomic mass is 10.1. The van der Waals surface area contributed by atoms with Gasteiger partial charge in [0, 0.05) is 17.5 Å². The van der Waals surface area contributed by atoms with Crippen molar-refractivity contribution in [1.29, 1.82) is 0 Å². The molecule has 1 amide bonds. The number of methoxy groups -OCH3 is 1. The van der Waals surface area contributed by atoms with Gasteiger partial charge >= 0.3 is 6.18 Å². The van der Waals surface area contributed by atoms with Crippen molar-refractivity contribution in [1.82, 2.24) is 5.32 Å². The average molecular weight is 393 g/mol. The molecule has 0 saturated heterocycles. The summed E-state index contributed by atoms with van der Waals surface area (Å²) in [7, 11) is 1.56. The summed E-state index contributed by atoms with van der Waals surface area (Å²) < 4.78 is 51.9. The molecule has 0 radical (unpaired) electrons. The molecule has 0 spiro atoms. The van der Waals surface area contributed by atoms with Crippen molar-refractivity contribution in [3.63, 3.8) is 0 Å². The molecule has 0 bridgehead atoms. The number of furan rings is 1. The van der Waals surface area contributed by atoms with Crippen LogP contribution in [0.1, 0.15) is 21.7 Å². The maximum atomic E-state index is 12.5. The Morgan fingerprint density at radius 2 is 1.79 bits per heavy atom. The number of hydrogen-bond acceptors (Lipinski definition) is 4. The Morgan fingerprint density at radius 3 is 2.43 bits per heavy atom. The van der Waals surface area contributed by atoms with E-state index in [1.165, 1.54) is 12.1 Å². The molecule has 2 aromatic carbocycles. The fourth-order valence-electron chi connectivity index (χ4n) is 2.67. The zero-order valence-corrected chi connectivity index (χ0v) is 15.2. The smallest absolute Gasteiger partial charge is 0.422 e. The molecule has 0 aliphatic heterocycles. The predicted molar refractivity (Wildman–Crippen MR) is 96.7 cm³/mol. The van der Waals surface area contributed by atoms with Gasteiger partial charge < -0.3 is 19.2 Å². The Morgan fingerprint density at radius 1 is 1.11 bits per heavy atom. The van der Waals surface area contributed by atoms with Gasteiger partial charge in [-0.2, -0.15) is 13.2 Å². The van der Waals surface area contributed by atoms with Gasteiger partial charge in [0.15, 0.2) is 12.4 Å². The third-order valence-corrected chi connectivity index (χ3v) is 4.13. The topological polar surface area (TPSA) is 60.7 Å². The molecule has 1 aromatic heterocycles. The van der Waals surface area contributed by atoms with Crippen molar-refractivity contribution in [3.8, 4) is 11.5 Å². The predicted octanol–water partition coefficient (Wildman–Crippen LogP) is 4.62. The van der Waals surface area contributed by atoms with Crippen molar-refractivity contribution in [2.45, 2.75) is 19.6 Å². The first-order valence-corrected chi connectivity index (χ1v) is 8.40. The number of carbonyl (C=O) groups is 1. The van der Waals surface area contributed by atoms with Crippen LogP contribution in [0.2, 0.25) is 0 Å². The average Bonchev–Trinajstić information content (AvgIpc) is 3.01. The second kappa shape index (κ2) is 7.84. The second-order valence-electron chi connectivity index (χ2n) is 6.15. The molecule has 3 aromatic rings. The highest BCUT2D eigenvalue weighted by atomic mass is 19.4. The molecule has 8 heteroatoms. The van der Waals surface area contributed by atoms with Crippen LogP contribution in [-0.2, 0) is 6.54 Å². The van der Waals surface area contributed by atoms with Crippen molar-refractivity contribution in [3.05, 3.63) is 59.4 Å². The number of hydrogen-bond donors (Lipinski definition) is 1. The first-order chi connectivity index (χ1) is 13.3. The molecule has 1 heterocycles. The monoisotopic (exact) mass is 393 g/mol. The normalized spacial score (nSPS) is 11.5. The van der Waals surface area contributed by atoms with Gasteiger partial charge in [-0.25, -0.2) is 0 Å². The molecule has 1 N–H and O–H groups in total. The maximum Gasteiger partial charge on any atom is 0.422 e. The van der Waals surface area contributed by atoms with Crippen LogP contribution in [0.5, 0.6) is 11.5 Å². The van der Waals surface area contributed by atoms with Gasteiger partial charge in [-0.15, -0.1) is 0 Å². The van der Waals surface area contributed by atoms with Crippen LogP contribution < -0.4 is 14.8 Å². The number of benzene rings is 2. The number of alkyl halides is 3. The van der Waals surface area contributed by atoms with E-state index in [1.54, 1.807) is 44.4 Å². The molecule has 3 rings (SSSR count). The van der Waals surface area contributed by atoms with E-state index in [1.807, 2.05) is 0 Å². The Bertz CT molecular complexity index is 978. The zero-order valence-electron chi connectivity index (χ0n) is 15.2. The SMILES string of the molecule is COc1ccc2oc(C(=O)NCc3ccc(OCC(F)(F)F)cc3)c(C)c2c1. The maximum absolute atomic E-state index is 12.5. The number of carbonyl (C=O) groups excluding carboxylic acids is 1. The summed E-state index contributed by atoms with van der Waals surface area (Å²) in [6, 6.07) is 11.3. The van der Waals surface area contributed by atoms with Crippen LogP contribution in [0.15, 0.2) is 46.9 Å². The molecule has 0 unspecified atom stereocenters. The van der Waals surface area contributed by atoms with E-state index in [-0.39, 0.29) is 24.0 Å². The van der Waals surface area contributed by atoms with E-state index >= 15 is 0 Å². The number of fused-ring (bicyclic) bond motifs is 1. The van der Waals surface area contributed by atoms with Crippen LogP contribution in [0, 0.1) is 6.92 Å². The summed E-state index contributed by atoms with van der Waals surface area (Å²) in [4.78, 5) is 12.5. The number of halogens is 3. The third-order valence-electron chi connectivity index (χ3n) is 4.13. The highest BCUT2D eigenvalue weighted by molar-refractivity contribution is 5.99. The first-order valence-electron chi connectivity index (χ1n) is 8.40. The van der Waals surface area contributed by atoms with Gasteiger partial charge in [-0.3, -0.25) is 4.79 Å². The minimum atomic E-state index is -4.39. The Hall–Kier alpha value is -3.16. The van der Waals surface area contributed by atoms with Gasteiger partial charge in [0.25, 0.3) is 5.91 Å². The number of rotatable bonds is 6. The lowest BCUT2D eigenvalue weighted by molar-refractivity contribution is -0.153. The zero-order chi connectivity index (χ0) is 20.3. The molecule has 0 aliphatic carbocycles. The van der Waals surface area contributed by atoms with Crippen molar-refractivity contribution >= 4 is 16.9 Å². The molecule has 148 valence electrons. The summed E-state index contributed by atoms with van der Waals surface area (Å²) in [5.74, 6) is 0.587. The largest absolute Gasteiger partial charge is 0.497 e. The molecule has 0 fully saturated rings. The molecule has 0 aliphatic rings. The molecular weight excluding hydrogens is 375 g/mol. The van der Waals surface area contributed by atoms with Gasteiger partial charge in [-0.05, 0) is 42.8 Å². The summed E-state index contributed by atoms with van der Waals surface area (Å²) in [5.41, 5.74) is 1.99. The molecule has 0 saturated carbocycles. The van der Waals surface area contributed by atoms with Crippen LogP contribution in [-0.4, -0.2) is 25.8 Å². The fraction of sp³-hybridized carbons (Fsp3) is 0.250. The van der Waals surface area contributed by atoms with E-state index in [0.29, 0.717) is 22.5 Å². The molecule has 28 heavy (non-hydrogen) atoms. The number of aryl methyl sites for hydroxylation is 1. The van der Waals surface area contributed by atoms with Crippen molar-refractivity contribution < 1.29 is 31.9 Å². The highest BCUT2D eigenvalue weighted by Crippen LogP contribution is 2.28. The Labute approximate surface area is 159 Å². The van der Waals surface area contributed by atoms with Gasteiger partial charge in [-0.1, -0.05) is 12.1 Å².